The number of hydrogen-bond acceptors (Lipinski definition) is 6. The van der Waals surface area contributed by atoms with Crippen LogP contribution in [-0.2, 0) is 22.7 Å². The maximum Gasteiger partial charge on any atom is 0.325 e. The van der Waals surface area contributed by atoms with Crippen molar-refractivity contribution < 1.29 is 24.0 Å². The first-order valence-corrected chi connectivity index (χ1v) is 8.06. The zero-order chi connectivity index (χ0) is 18.2. The summed E-state index contributed by atoms with van der Waals surface area (Å²) in [7, 11) is 0. The van der Waals surface area contributed by atoms with E-state index in [-0.39, 0.29) is 31.5 Å². The Balaban J connectivity index is 1.97. The zero-order valence-electron chi connectivity index (χ0n) is 14.0. The molecule has 2 aliphatic heterocycles. The van der Waals surface area contributed by atoms with Gasteiger partial charge in [0.1, 0.15) is 11.3 Å². The van der Waals surface area contributed by atoms with E-state index >= 15 is 0 Å². The monoisotopic (exact) mass is 349 g/mol. The number of ether oxygens (including phenoxy) is 2. The van der Waals surface area contributed by atoms with Crippen LogP contribution >= 0.6 is 0 Å². The fraction of sp³-hybridized carbons (Fsp3) is 0.500. The summed E-state index contributed by atoms with van der Waals surface area (Å²) in [5.41, 5.74) is -0.104. The van der Waals surface area contributed by atoms with Crippen molar-refractivity contribution >= 4 is 17.6 Å². The van der Waals surface area contributed by atoms with Crippen LogP contribution in [0.15, 0.2) is 12.1 Å². The molecule has 1 N–H and O–H groups in total. The van der Waals surface area contributed by atoms with Crippen LogP contribution in [0, 0.1) is 10.1 Å². The van der Waals surface area contributed by atoms with Gasteiger partial charge in [0, 0.05) is 23.3 Å². The minimum atomic E-state index is -0.915. The molecule has 25 heavy (non-hydrogen) atoms. The minimum Gasteiger partial charge on any atom is -0.467 e. The molecule has 0 saturated carbocycles. The van der Waals surface area contributed by atoms with Gasteiger partial charge in [-0.3, -0.25) is 19.8 Å². The fourth-order valence-electron chi connectivity index (χ4n) is 3.22. The van der Waals surface area contributed by atoms with Crippen LogP contribution in [0.4, 0.5) is 10.5 Å². The van der Waals surface area contributed by atoms with Crippen molar-refractivity contribution in [1.82, 2.24) is 10.2 Å². The topological polar surface area (TPSA) is 111 Å². The Morgan fingerprint density at radius 2 is 2.04 bits per heavy atom. The van der Waals surface area contributed by atoms with E-state index in [0.29, 0.717) is 29.7 Å². The molecule has 2 aliphatic rings. The van der Waals surface area contributed by atoms with E-state index < -0.39 is 16.5 Å². The summed E-state index contributed by atoms with van der Waals surface area (Å²) in [6, 6.07) is 2.22. The second-order valence-electron chi connectivity index (χ2n) is 6.07. The van der Waals surface area contributed by atoms with Crippen LogP contribution in [0.5, 0.6) is 5.75 Å². The lowest BCUT2D eigenvalue weighted by atomic mass is 9.93. The minimum absolute atomic E-state index is 0.0197. The molecule has 0 bridgehead atoms. The maximum atomic E-state index is 12.7. The summed E-state index contributed by atoms with van der Waals surface area (Å²) in [5.74, 6) is 0.109. The zero-order valence-corrected chi connectivity index (χ0v) is 14.0. The standard InChI is InChI=1S/C16H19N3O6/c1-3-16(4-2)14(20)18(15(21)17-16)7-10-5-12(19(22)23)6-11-8-24-9-25-13(10)11/h5-6H,3-4,7-9H2,1-2H3,(H,17,21). The van der Waals surface area contributed by atoms with Crippen molar-refractivity contribution in [2.45, 2.75) is 45.4 Å². The van der Waals surface area contributed by atoms with Crippen molar-refractivity contribution in [3.63, 3.8) is 0 Å². The van der Waals surface area contributed by atoms with Gasteiger partial charge in [-0.2, -0.15) is 0 Å². The summed E-state index contributed by atoms with van der Waals surface area (Å²) in [6.07, 6.45) is 0.948. The molecule has 0 spiro atoms. The SMILES string of the molecule is CCC1(CC)NC(=O)N(Cc2cc([N+](=O)[O-])cc3c2OCOC3)C1=O. The highest BCUT2D eigenvalue weighted by Crippen LogP contribution is 2.35. The van der Waals surface area contributed by atoms with Crippen LogP contribution < -0.4 is 10.1 Å². The second-order valence-corrected chi connectivity index (χ2v) is 6.07. The number of rotatable bonds is 5. The number of hydrogen-bond donors (Lipinski definition) is 1. The molecular formula is C16H19N3O6. The van der Waals surface area contributed by atoms with Crippen LogP contribution in [0.1, 0.15) is 37.8 Å². The molecule has 9 nitrogen and oxygen atoms in total. The molecule has 9 heteroatoms. The number of nitrogens with one attached hydrogen (secondary N) is 1. The van der Waals surface area contributed by atoms with E-state index in [1.165, 1.54) is 12.1 Å². The van der Waals surface area contributed by atoms with Crippen LogP contribution in [0.3, 0.4) is 0 Å². The molecular weight excluding hydrogens is 330 g/mol. The first kappa shape index (κ1) is 17.2. The first-order valence-electron chi connectivity index (χ1n) is 8.06. The average molecular weight is 349 g/mol. The fourth-order valence-corrected chi connectivity index (χ4v) is 3.22. The Morgan fingerprint density at radius 1 is 1.32 bits per heavy atom. The second kappa shape index (κ2) is 6.32. The molecule has 0 radical (unpaired) electrons. The largest absolute Gasteiger partial charge is 0.467 e. The number of nitrogens with zero attached hydrogens (tertiary/aromatic N) is 2. The highest BCUT2D eigenvalue weighted by Gasteiger charge is 2.48. The van der Waals surface area contributed by atoms with Gasteiger partial charge in [-0.25, -0.2) is 4.79 Å². The molecule has 0 aromatic heterocycles. The number of non-ortho nitro benzene ring substituents is 1. The third-order valence-corrected chi connectivity index (χ3v) is 4.76. The van der Waals surface area contributed by atoms with Gasteiger partial charge in [-0.05, 0) is 12.8 Å². The number of benzene rings is 1. The van der Waals surface area contributed by atoms with E-state index in [4.69, 9.17) is 9.47 Å². The van der Waals surface area contributed by atoms with Crippen LogP contribution in [0.25, 0.3) is 0 Å². The maximum absolute atomic E-state index is 12.7. The third-order valence-electron chi connectivity index (χ3n) is 4.76. The van der Waals surface area contributed by atoms with Gasteiger partial charge in [0.2, 0.25) is 0 Å². The van der Waals surface area contributed by atoms with Crippen LogP contribution in [0.2, 0.25) is 0 Å². The predicted octanol–water partition coefficient (Wildman–Crippen LogP) is 2.07. The number of nitro groups is 1. The van der Waals surface area contributed by atoms with Gasteiger partial charge < -0.3 is 14.8 Å². The summed E-state index contributed by atoms with van der Waals surface area (Å²) in [6.45, 7) is 3.78. The number of carbonyl (C=O) groups is 2. The van der Waals surface area contributed by atoms with E-state index in [1.54, 1.807) is 0 Å². The van der Waals surface area contributed by atoms with Crippen molar-refractivity contribution in [3.05, 3.63) is 33.4 Å². The molecule has 0 aliphatic carbocycles. The van der Waals surface area contributed by atoms with E-state index in [0.717, 1.165) is 4.90 Å². The molecule has 0 unspecified atom stereocenters. The number of nitro benzene ring substituents is 1. The van der Waals surface area contributed by atoms with Gasteiger partial charge in [-0.15, -0.1) is 0 Å². The lowest BCUT2D eigenvalue weighted by Gasteiger charge is -2.24. The van der Waals surface area contributed by atoms with Gasteiger partial charge in [0.15, 0.2) is 6.79 Å². The highest BCUT2D eigenvalue weighted by atomic mass is 16.7. The summed E-state index contributed by atoms with van der Waals surface area (Å²) in [4.78, 5) is 36.8. The number of urea groups is 1. The average Bonchev–Trinajstić information content (AvgIpc) is 2.86. The Bertz CT molecular complexity index is 744. The van der Waals surface area contributed by atoms with Gasteiger partial charge >= 0.3 is 6.03 Å². The molecule has 1 aromatic rings. The van der Waals surface area contributed by atoms with E-state index in [1.807, 2.05) is 13.8 Å². The molecule has 3 amide bonds. The van der Waals surface area contributed by atoms with Crippen molar-refractivity contribution in [1.29, 1.82) is 0 Å². The van der Waals surface area contributed by atoms with Gasteiger partial charge in [-0.1, -0.05) is 13.8 Å². The number of fused-ring (bicyclic) bond motifs is 1. The summed E-state index contributed by atoms with van der Waals surface area (Å²) < 4.78 is 10.6. The van der Waals surface area contributed by atoms with Gasteiger partial charge in [0.05, 0.1) is 18.1 Å². The first-order chi connectivity index (χ1) is 11.9. The number of imide groups is 1. The lowest BCUT2D eigenvalue weighted by molar-refractivity contribution is -0.385. The molecule has 1 fully saturated rings. The molecule has 1 saturated heterocycles. The third kappa shape index (κ3) is 2.80. The molecule has 134 valence electrons. The van der Waals surface area contributed by atoms with Crippen LogP contribution in [-0.4, -0.2) is 34.1 Å². The van der Waals surface area contributed by atoms with Crippen molar-refractivity contribution in [2.75, 3.05) is 6.79 Å². The molecule has 0 atom stereocenters. The number of carbonyl (C=O) groups excluding carboxylic acids is 2. The van der Waals surface area contributed by atoms with E-state index in [9.17, 15) is 19.7 Å². The van der Waals surface area contributed by atoms with Gasteiger partial charge in [0.25, 0.3) is 11.6 Å². The Labute approximate surface area is 144 Å². The quantitative estimate of drug-likeness (QED) is 0.495. The Hall–Kier alpha value is -2.68. The predicted molar refractivity (Wildman–Crippen MR) is 85.8 cm³/mol. The number of amides is 3. The van der Waals surface area contributed by atoms with E-state index in [2.05, 4.69) is 5.32 Å². The molecule has 1 aromatic carbocycles. The van der Waals surface area contributed by atoms with Crippen molar-refractivity contribution in [3.8, 4) is 5.75 Å². The summed E-state index contributed by atoms with van der Waals surface area (Å²) >= 11 is 0. The molecule has 3 rings (SSSR count). The molecule has 2 heterocycles. The Kier molecular flexibility index (Phi) is 4.34. The van der Waals surface area contributed by atoms with Crippen molar-refractivity contribution in [2.24, 2.45) is 0 Å². The summed E-state index contributed by atoms with van der Waals surface area (Å²) in [5, 5.41) is 13.9. The Morgan fingerprint density at radius 3 is 2.64 bits per heavy atom. The normalized spacial score (nSPS) is 18.6. The highest BCUT2D eigenvalue weighted by molar-refractivity contribution is 6.06. The smallest absolute Gasteiger partial charge is 0.325 e. The lowest BCUT2D eigenvalue weighted by Crippen LogP contribution is -2.45.